The molecule has 5 nitrogen and oxygen atoms in total. The Kier molecular flexibility index (Phi) is 2.45. The molecule has 0 unspecified atom stereocenters. The van der Waals surface area contributed by atoms with E-state index in [0.717, 1.165) is 11.4 Å². The third-order valence-corrected chi connectivity index (χ3v) is 2.01. The van der Waals surface area contributed by atoms with E-state index in [1.807, 2.05) is 0 Å². The average Bonchev–Trinajstić information content (AvgIpc) is 2.66. The summed E-state index contributed by atoms with van der Waals surface area (Å²) in [6, 6.07) is 3.46. The van der Waals surface area contributed by atoms with E-state index < -0.39 is 0 Å². The number of H-pyrrole nitrogens is 1. The number of aryl methyl sites for hydroxylation is 1. The van der Waals surface area contributed by atoms with Gasteiger partial charge in [0.05, 0.1) is 11.8 Å². The van der Waals surface area contributed by atoms with Gasteiger partial charge in [0.25, 0.3) is 5.91 Å². The van der Waals surface area contributed by atoms with Crippen molar-refractivity contribution >= 4 is 11.6 Å². The van der Waals surface area contributed by atoms with Crippen molar-refractivity contribution in [3.05, 3.63) is 42.0 Å². The van der Waals surface area contributed by atoms with Gasteiger partial charge >= 0.3 is 0 Å². The Morgan fingerprint density at radius 1 is 1.40 bits per heavy atom. The Bertz CT molecular complexity index is 463. The molecule has 2 rings (SSSR count). The molecule has 0 aliphatic carbocycles. The van der Waals surface area contributed by atoms with Gasteiger partial charge < -0.3 is 5.32 Å². The highest BCUT2D eigenvalue weighted by atomic mass is 16.1. The first-order valence-corrected chi connectivity index (χ1v) is 4.49. The van der Waals surface area contributed by atoms with E-state index in [0.29, 0.717) is 5.56 Å². The predicted octanol–water partition coefficient (Wildman–Crippen LogP) is 1.37. The highest BCUT2D eigenvalue weighted by Crippen LogP contribution is 2.08. The number of rotatable bonds is 2. The smallest absolute Gasteiger partial charge is 0.259 e. The molecule has 0 radical (unpaired) electrons. The van der Waals surface area contributed by atoms with Crippen LogP contribution in [0.5, 0.6) is 0 Å². The first kappa shape index (κ1) is 9.39. The molecule has 1 amide bonds. The molecule has 0 saturated carbocycles. The fraction of sp³-hybridized carbons (Fsp3) is 0.100. The summed E-state index contributed by atoms with van der Waals surface area (Å²) >= 11 is 0. The first-order valence-electron chi connectivity index (χ1n) is 4.49. The van der Waals surface area contributed by atoms with Crippen LogP contribution in [0, 0.1) is 6.92 Å². The number of carbonyl (C=O) groups excluding carboxylic acids is 1. The molecule has 0 atom stereocenters. The van der Waals surface area contributed by atoms with E-state index in [9.17, 15) is 4.79 Å². The lowest BCUT2D eigenvalue weighted by Gasteiger charge is -2.02. The number of nitrogens with one attached hydrogen (secondary N) is 2. The first-order chi connectivity index (χ1) is 7.27. The van der Waals surface area contributed by atoms with E-state index in [2.05, 4.69) is 20.5 Å². The Hall–Kier alpha value is -2.17. The summed E-state index contributed by atoms with van der Waals surface area (Å²) in [4.78, 5) is 15.6. The van der Waals surface area contributed by atoms with Gasteiger partial charge in [-0.2, -0.15) is 5.10 Å². The molecule has 2 N–H and O–H groups in total. The van der Waals surface area contributed by atoms with Gasteiger partial charge in [0, 0.05) is 23.8 Å². The zero-order valence-electron chi connectivity index (χ0n) is 8.19. The minimum Gasteiger partial charge on any atom is -0.322 e. The third kappa shape index (κ3) is 2.01. The van der Waals surface area contributed by atoms with Crippen LogP contribution in [0.25, 0.3) is 0 Å². The van der Waals surface area contributed by atoms with Crippen molar-refractivity contribution in [3.8, 4) is 0 Å². The second kappa shape index (κ2) is 3.91. The normalized spacial score (nSPS) is 9.93. The van der Waals surface area contributed by atoms with Gasteiger partial charge in [-0.05, 0) is 19.1 Å². The van der Waals surface area contributed by atoms with Crippen molar-refractivity contribution < 1.29 is 4.79 Å². The maximum atomic E-state index is 11.7. The molecule has 76 valence electrons. The third-order valence-electron chi connectivity index (χ3n) is 2.01. The van der Waals surface area contributed by atoms with Crippen LogP contribution < -0.4 is 5.32 Å². The summed E-state index contributed by atoms with van der Waals surface area (Å²) in [6.45, 7) is 1.80. The molecule has 0 saturated heterocycles. The van der Waals surface area contributed by atoms with Crippen LogP contribution in [0.2, 0.25) is 0 Å². The van der Waals surface area contributed by atoms with Crippen LogP contribution in [0.4, 0.5) is 5.69 Å². The van der Waals surface area contributed by atoms with Crippen LogP contribution >= 0.6 is 0 Å². The van der Waals surface area contributed by atoms with E-state index in [-0.39, 0.29) is 5.91 Å². The summed E-state index contributed by atoms with van der Waals surface area (Å²) in [5.74, 6) is -0.174. The molecule has 0 fully saturated rings. The van der Waals surface area contributed by atoms with Crippen LogP contribution in [0.1, 0.15) is 16.1 Å². The SMILES string of the molecule is Cc1[nH]ncc1C(=O)Nc1ccncc1. The number of anilines is 1. The molecular formula is C10H10N4O. The lowest BCUT2D eigenvalue weighted by molar-refractivity contribution is 0.102. The topological polar surface area (TPSA) is 70.7 Å². The zero-order chi connectivity index (χ0) is 10.7. The number of hydrogen-bond acceptors (Lipinski definition) is 3. The van der Waals surface area contributed by atoms with Crippen LogP contribution in [-0.2, 0) is 0 Å². The molecule has 2 aromatic rings. The summed E-state index contributed by atoms with van der Waals surface area (Å²) < 4.78 is 0. The van der Waals surface area contributed by atoms with Gasteiger partial charge in [-0.15, -0.1) is 0 Å². The summed E-state index contributed by atoms with van der Waals surface area (Å²) in [7, 11) is 0. The van der Waals surface area contributed by atoms with Crippen LogP contribution in [0.15, 0.2) is 30.7 Å². The largest absolute Gasteiger partial charge is 0.322 e. The zero-order valence-corrected chi connectivity index (χ0v) is 8.19. The van der Waals surface area contributed by atoms with Crippen molar-refractivity contribution in [1.29, 1.82) is 0 Å². The van der Waals surface area contributed by atoms with Crippen LogP contribution in [-0.4, -0.2) is 21.1 Å². The second-order valence-corrected chi connectivity index (χ2v) is 3.10. The summed E-state index contributed by atoms with van der Waals surface area (Å²) in [5.41, 5.74) is 2.02. The lowest BCUT2D eigenvalue weighted by Crippen LogP contribution is -2.12. The van der Waals surface area contributed by atoms with E-state index >= 15 is 0 Å². The monoisotopic (exact) mass is 202 g/mol. The fourth-order valence-electron chi connectivity index (χ4n) is 1.21. The number of carbonyl (C=O) groups is 1. The van der Waals surface area contributed by atoms with Crippen molar-refractivity contribution in [2.24, 2.45) is 0 Å². The van der Waals surface area contributed by atoms with Gasteiger partial charge in [-0.1, -0.05) is 0 Å². The Morgan fingerprint density at radius 2 is 2.13 bits per heavy atom. The minimum atomic E-state index is -0.174. The van der Waals surface area contributed by atoms with Crippen molar-refractivity contribution in [1.82, 2.24) is 15.2 Å². The van der Waals surface area contributed by atoms with Gasteiger partial charge in [-0.25, -0.2) is 0 Å². The number of amides is 1. The molecule has 0 aromatic carbocycles. The van der Waals surface area contributed by atoms with Gasteiger partial charge in [0.15, 0.2) is 0 Å². The molecule has 15 heavy (non-hydrogen) atoms. The molecule has 2 heterocycles. The number of hydrogen-bond donors (Lipinski definition) is 2. The molecule has 5 heteroatoms. The second-order valence-electron chi connectivity index (χ2n) is 3.10. The number of aromatic nitrogens is 3. The standard InChI is InChI=1S/C10H10N4O/c1-7-9(6-12-14-7)10(15)13-8-2-4-11-5-3-8/h2-6H,1H3,(H,12,14)(H,11,13,15). The quantitative estimate of drug-likeness (QED) is 0.772. The Morgan fingerprint density at radius 3 is 2.73 bits per heavy atom. The highest BCUT2D eigenvalue weighted by Gasteiger charge is 2.10. The average molecular weight is 202 g/mol. The summed E-state index contributed by atoms with van der Waals surface area (Å²) in [6.07, 6.45) is 4.75. The van der Waals surface area contributed by atoms with Crippen molar-refractivity contribution in [2.45, 2.75) is 6.92 Å². The molecule has 0 spiro atoms. The van der Waals surface area contributed by atoms with E-state index in [1.54, 1.807) is 31.5 Å². The Balaban J connectivity index is 2.15. The molecule has 0 bridgehead atoms. The Labute approximate surface area is 86.5 Å². The van der Waals surface area contributed by atoms with Gasteiger partial charge in [-0.3, -0.25) is 14.9 Å². The van der Waals surface area contributed by atoms with Crippen LogP contribution in [0.3, 0.4) is 0 Å². The number of nitrogens with zero attached hydrogens (tertiary/aromatic N) is 2. The number of aromatic amines is 1. The van der Waals surface area contributed by atoms with Crippen molar-refractivity contribution in [3.63, 3.8) is 0 Å². The van der Waals surface area contributed by atoms with Crippen molar-refractivity contribution in [2.75, 3.05) is 5.32 Å². The molecular weight excluding hydrogens is 192 g/mol. The maximum Gasteiger partial charge on any atom is 0.259 e. The van der Waals surface area contributed by atoms with Gasteiger partial charge in [0.1, 0.15) is 0 Å². The van der Waals surface area contributed by atoms with Gasteiger partial charge in [0.2, 0.25) is 0 Å². The molecule has 0 aliphatic rings. The predicted molar refractivity (Wildman–Crippen MR) is 55.5 cm³/mol. The minimum absolute atomic E-state index is 0.174. The maximum absolute atomic E-state index is 11.7. The molecule has 2 aromatic heterocycles. The lowest BCUT2D eigenvalue weighted by atomic mass is 10.2. The fourth-order valence-corrected chi connectivity index (χ4v) is 1.21. The van der Waals surface area contributed by atoms with E-state index in [4.69, 9.17) is 0 Å². The summed E-state index contributed by atoms with van der Waals surface area (Å²) in [5, 5.41) is 9.24. The number of pyridine rings is 1. The molecule has 0 aliphatic heterocycles. The van der Waals surface area contributed by atoms with E-state index in [1.165, 1.54) is 6.20 Å². The highest BCUT2D eigenvalue weighted by molar-refractivity contribution is 6.04.